The van der Waals surface area contributed by atoms with E-state index in [-0.39, 0.29) is 62.0 Å². The van der Waals surface area contributed by atoms with Gasteiger partial charge >= 0.3 is 59.1 Å². The summed E-state index contributed by atoms with van der Waals surface area (Å²) in [4.78, 5) is 0. The summed E-state index contributed by atoms with van der Waals surface area (Å²) >= 11 is 0. The van der Waals surface area contributed by atoms with Crippen molar-refractivity contribution in [1.82, 2.24) is 0 Å². The van der Waals surface area contributed by atoms with Crippen LogP contribution < -0.4 is 59.1 Å². The van der Waals surface area contributed by atoms with Gasteiger partial charge in [-0.1, -0.05) is 109 Å². The van der Waals surface area contributed by atoms with E-state index in [0.29, 0.717) is 0 Å². The molecule has 0 aromatic rings. The van der Waals surface area contributed by atoms with Crippen LogP contribution in [-0.2, 0) is 10.1 Å². The molecule has 0 saturated carbocycles. The summed E-state index contributed by atoms with van der Waals surface area (Å²) in [6.45, 7) is 2.27. The first-order valence-corrected chi connectivity index (χ1v) is 11.7. The molecule has 0 aliphatic rings. The minimum Gasteiger partial charge on any atom is -1.00 e. The van der Waals surface area contributed by atoms with Crippen molar-refractivity contribution in [2.24, 2.45) is 0 Å². The fraction of sp³-hybridized carbons (Fsp3) is 0.900. The number of rotatable bonds is 18. The van der Waals surface area contributed by atoms with E-state index in [4.69, 9.17) is 4.55 Å². The monoisotopic (exact) mass is 408 g/mol. The van der Waals surface area contributed by atoms with Crippen LogP contribution in [0.25, 0.3) is 0 Å². The Morgan fingerprint density at radius 2 is 0.962 bits per heavy atom. The summed E-state index contributed by atoms with van der Waals surface area (Å²) in [6.07, 6.45) is 23.7. The minimum atomic E-state index is -3.93. The van der Waals surface area contributed by atoms with Crippen LogP contribution in [0.1, 0.15) is 119 Å². The van der Waals surface area contributed by atoms with Crippen molar-refractivity contribution < 1.29 is 74.9 Å². The van der Waals surface area contributed by atoms with Gasteiger partial charge in [-0.15, -0.1) is 0 Å². The van der Waals surface area contributed by atoms with Crippen molar-refractivity contribution in [3.05, 3.63) is 11.5 Å². The zero-order chi connectivity index (χ0) is 17.9. The Labute approximate surface area is 210 Å². The summed E-state index contributed by atoms with van der Waals surface area (Å²) in [5, 5.41) is 0.887. The summed E-state index contributed by atoms with van der Waals surface area (Å²) in [7, 11) is -3.93. The van der Waals surface area contributed by atoms with E-state index in [1.807, 2.05) is 0 Å². The van der Waals surface area contributed by atoms with Crippen molar-refractivity contribution in [3.8, 4) is 0 Å². The molecule has 0 saturated heterocycles. The van der Waals surface area contributed by atoms with Crippen molar-refractivity contribution in [2.45, 2.75) is 116 Å². The second-order valence-electron chi connectivity index (χ2n) is 6.98. The third-order valence-electron chi connectivity index (χ3n) is 4.49. The molecule has 26 heavy (non-hydrogen) atoms. The van der Waals surface area contributed by atoms with E-state index in [0.717, 1.165) is 24.7 Å². The van der Waals surface area contributed by atoms with E-state index in [1.165, 1.54) is 89.9 Å². The van der Waals surface area contributed by atoms with Gasteiger partial charge < -0.3 is 2.85 Å². The normalized spacial score (nSPS) is 11.3. The van der Waals surface area contributed by atoms with Gasteiger partial charge in [0.1, 0.15) is 0 Å². The van der Waals surface area contributed by atoms with Gasteiger partial charge in [-0.25, -0.2) is 0 Å². The largest absolute Gasteiger partial charge is 1.00 e. The topological polar surface area (TPSA) is 54.4 Å². The van der Waals surface area contributed by atoms with Crippen LogP contribution >= 0.6 is 0 Å². The SMILES string of the molecule is CCCCCCCCCCCCCCCCCCC=CS(=O)(=O)O.[H-].[H-].[Na+].[Na+]. The van der Waals surface area contributed by atoms with E-state index >= 15 is 0 Å². The van der Waals surface area contributed by atoms with Crippen LogP contribution in [0.2, 0.25) is 0 Å². The second-order valence-corrected chi connectivity index (χ2v) is 8.28. The average Bonchev–Trinajstić information content (AvgIpc) is 2.52. The van der Waals surface area contributed by atoms with Crippen molar-refractivity contribution >= 4 is 10.1 Å². The molecule has 0 radical (unpaired) electrons. The molecule has 148 valence electrons. The Bertz CT molecular complexity index is 395. The molecule has 0 amide bonds. The zero-order valence-electron chi connectivity index (χ0n) is 19.8. The Kier molecular flexibility index (Phi) is 30.7. The van der Waals surface area contributed by atoms with Gasteiger partial charge in [0.2, 0.25) is 0 Å². The first-order valence-electron chi connectivity index (χ1n) is 10.2. The van der Waals surface area contributed by atoms with Gasteiger partial charge in [-0.2, -0.15) is 8.42 Å². The van der Waals surface area contributed by atoms with Crippen LogP contribution in [0, 0.1) is 0 Å². The number of unbranched alkanes of at least 4 members (excludes halogenated alkanes) is 16. The quantitative estimate of drug-likeness (QED) is 0.211. The maximum absolute atomic E-state index is 10.5. The molecule has 3 nitrogen and oxygen atoms in total. The van der Waals surface area contributed by atoms with Crippen LogP contribution in [-0.4, -0.2) is 13.0 Å². The summed E-state index contributed by atoms with van der Waals surface area (Å²) in [6, 6.07) is 0. The second kappa shape index (κ2) is 24.7. The predicted octanol–water partition coefficient (Wildman–Crippen LogP) is 1.27. The molecule has 0 spiro atoms. The van der Waals surface area contributed by atoms with Crippen molar-refractivity contribution in [3.63, 3.8) is 0 Å². The maximum atomic E-state index is 10.5. The molecular weight excluding hydrogens is 366 g/mol. The summed E-state index contributed by atoms with van der Waals surface area (Å²) in [5.41, 5.74) is 0. The summed E-state index contributed by atoms with van der Waals surface area (Å²) < 4.78 is 29.5. The van der Waals surface area contributed by atoms with Gasteiger partial charge in [0.25, 0.3) is 10.1 Å². The third-order valence-corrected chi connectivity index (χ3v) is 5.03. The van der Waals surface area contributed by atoms with E-state index < -0.39 is 10.1 Å². The molecule has 0 aliphatic carbocycles. The van der Waals surface area contributed by atoms with Crippen LogP contribution in [0.4, 0.5) is 0 Å². The first-order chi connectivity index (χ1) is 11.6. The molecule has 0 heterocycles. The molecule has 0 aliphatic heterocycles. The minimum absolute atomic E-state index is 0. The standard InChI is InChI=1S/C20H40O3S.2Na.2H/c1-2-3-4-5-6-7-8-9-10-11-12-13-14-15-16-17-18-19-20-24(21,22)23;;;;/h19-20H,2-18H2,1H3,(H,21,22,23);;;;/q;2*+1;2*-1. The Morgan fingerprint density at radius 1 is 0.654 bits per heavy atom. The van der Waals surface area contributed by atoms with E-state index in [9.17, 15) is 8.42 Å². The molecule has 0 unspecified atom stereocenters. The fourth-order valence-corrected chi connectivity index (χ4v) is 3.38. The predicted molar refractivity (Wildman–Crippen MR) is 107 cm³/mol. The van der Waals surface area contributed by atoms with Crippen LogP contribution in [0.5, 0.6) is 0 Å². The smallest absolute Gasteiger partial charge is 1.00 e. The van der Waals surface area contributed by atoms with Gasteiger partial charge in [0.05, 0.1) is 5.41 Å². The van der Waals surface area contributed by atoms with Gasteiger partial charge in [-0.05, 0) is 12.8 Å². The fourth-order valence-electron chi connectivity index (χ4n) is 3.00. The zero-order valence-corrected chi connectivity index (χ0v) is 22.7. The van der Waals surface area contributed by atoms with Gasteiger partial charge in [-0.3, -0.25) is 4.55 Å². The molecule has 0 rings (SSSR count). The molecular formula is C20H42Na2O3S. The number of hydrogen-bond donors (Lipinski definition) is 1. The molecule has 6 heteroatoms. The van der Waals surface area contributed by atoms with Crippen molar-refractivity contribution in [1.29, 1.82) is 0 Å². The summed E-state index contributed by atoms with van der Waals surface area (Å²) in [5.74, 6) is 0. The maximum Gasteiger partial charge on any atom is 1.00 e. The first kappa shape index (κ1) is 32.3. The van der Waals surface area contributed by atoms with E-state index in [1.54, 1.807) is 6.08 Å². The molecule has 0 bridgehead atoms. The van der Waals surface area contributed by atoms with Crippen LogP contribution in [0.3, 0.4) is 0 Å². The van der Waals surface area contributed by atoms with E-state index in [2.05, 4.69) is 6.92 Å². The van der Waals surface area contributed by atoms with Crippen LogP contribution in [0.15, 0.2) is 11.5 Å². The Balaban J connectivity index is -0.000000441. The average molecular weight is 409 g/mol. The molecule has 0 aromatic carbocycles. The molecule has 0 fully saturated rings. The number of allylic oxidation sites excluding steroid dienone is 1. The molecule has 0 aromatic heterocycles. The molecule has 1 N–H and O–H groups in total. The number of hydrogen-bond acceptors (Lipinski definition) is 2. The van der Waals surface area contributed by atoms with Gasteiger partial charge in [0, 0.05) is 0 Å². The molecule has 0 atom stereocenters. The Hall–Kier alpha value is 1.65. The third kappa shape index (κ3) is 30.4. The van der Waals surface area contributed by atoms with Gasteiger partial charge in [0.15, 0.2) is 0 Å². The van der Waals surface area contributed by atoms with Crippen molar-refractivity contribution in [2.75, 3.05) is 0 Å². The Morgan fingerprint density at radius 3 is 1.27 bits per heavy atom.